The van der Waals surface area contributed by atoms with Gasteiger partial charge in [0.15, 0.2) is 0 Å². The van der Waals surface area contributed by atoms with E-state index in [1.165, 1.54) is 43.3 Å². The minimum absolute atomic E-state index is 0.00146. The van der Waals surface area contributed by atoms with Gasteiger partial charge in [0.1, 0.15) is 0 Å². The van der Waals surface area contributed by atoms with Gasteiger partial charge in [0.05, 0.1) is 14.7 Å². The number of sulfonamides is 1. The fraction of sp³-hybridized carbons (Fsp3) is 0.143. The number of aryl methyl sites for hydroxylation is 2. The van der Waals surface area contributed by atoms with E-state index in [4.69, 9.17) is 10.9 Å². The molecule has 0 aliphatic rings. The summed E-state index contributed by atoms with van der Waals surface area (Å²) in [6.07, 6.45) is 0. The number of hydrogen-bond acceptors (Lipinski definition) is 5. The van der Waals surface area contributed by atoms with Crippen molar-refractivity contribution in [3.63, 3.8) is 0 Å². The van der Waals surface area contributed by atoms with Crippen molar-refractivity contribution < 1.29 is 16.8 Å². The second-order valence-corrected chi connectivity index (χ2v) is 8.47. The molecule has 0 spiro atoms. The third kappa shape index (κ3) is 2.99. The van der Waals surface area contributed by atoms with Crippen molar-refractivity contribution in [2.24, 2.45) is 5.14 Å². The number of sulfone groups is 1. The van der Waals surface area contributed by atoms with Crippen LogP contribution in [0.5, 0.6) is 0 Å². The molecule has 2 aromatic rings. The molecule has 0 saturated carbocycles. The molecule has 0 saturated heterocycles. The largest absolute Gasteiger partial charge is 0.399 e. The summed E-state index contributed by atoms with van der Waals surface area (Å²) in [5, 5.41) is 5.07. The number of nitrogen functional groups attached to an aromatic ring is 1. The lowest BCUT2D eigenvalue weighted by Crippen LogP contribution is -2.14. The second kappa shape index (κ2) is 5.38. The molecule has 0 radical (unpaired) electrons. The van der Waals surface area contributed by atoms with Crippen molar-refractivity contribution >= 4 is 25.5 Å². The van der Waals surface area contributed by atoms with Crippen molar-refractivity contribution in [3.8, 4) is 0 Å². The zero-order chi connectivity index (χ0) is 16.7. The van der Waals surface area contributed by atoms with Crippen LogP contribution in [-0.4, -0.2) is 16.8 Å². The van der Waals surface area contributed by atoms with Gasteiger partial charge in [0.25, 0.3) is 0 Å². The highest BCUT2D eigenvalue weighted by Gasteiger charge is 2.21. The highest BCUT2D eigenvalue weighted by Crippen LogP contribution is 2.26. The van der Waals surface area contributed by atoms with E-state index in [0.717, 1.165) is 0 Å². The van der Waals surface area contributed by atoms with Crippen LogP contribution in [0.1, 0.15) is 11.1 Å². The van der Waals surface area contributed by atoms with Crippen LogP contribution in [0.4, 0.5) is 5.69 Å². The summed E-state index contributed by atoms with van der Waals surface area (Å²) >= 11 is 0. The van der Waals surface area contributed by atoms with Crippen molar-refractivity contribution in [1.29, 1.82) is 0 Å². The molecule has 6 nitrogen and oxygen atoms in total. The molecule has 0 heterocycles. The Kier molecular flexibility index (Phi) is 4.03. The van der Waals surface area contributed by atoms with Crippen LogP contribution in [0, 0.1) is 13.8 Å². The molecule has 0 bridgehead atoms. The van der Waals surface area contributed by atoms with Gasteiger partial charge in [-0.15, -0.1) is 0 Å². The molecule has 0 amide bonds. The molecule has 2 aromatic carbocycles. The number of benzene rings is 2. The van der Waals surface area contributed by atoms with Gasteiger partial charge in [0, 0.05) is 5.69 Å². The van der Waals surface area contributed by atoms with Crippen LogP contribution in [0.3, 0.4) is 0 Å². The fourth-order valence-electron chi connectivity index (χ4n) is 2.06. The first kappa shape index (κ1) is 16.5. The fourth-order valence-corrected chi connectivity index (χ4v) is 4.26. The predicted molar refractivity (Wildman–Crippen MR) is 83.6 cm³/mol. The summed E-state index contributed by atoms with van der Waals surface area (Å²) in [6, 6.07) is 8.14. The van der Waals surface area contributed by atoms with Gasteiger partial charge < -0.3 is 5.73 Å². The topological polar surface area (TPSA) is 120 Å². The van der Waals surface area contributed by atoms with Crippen LogP contribution in [0.2, 0.25) is 0 Å². The van der Waals surface area contributed by atoms with E-state index in [0.29, 0.717) is 11.3 Å². The number of hydrogen-bond donors (Lipinski definition) is 2. The standard InChI is InChI=1S/C14H16N2O4S2/c1-9-7-11(3-5-13(9)15)21(17,18)12-4-6-14(10(2)8-12)22(16,19)20/h3-8H,15H2,1-2H3,(H2,16,19,20). The molecule has 4 N–H and O–H groups in total. The van der Waals surface area contributed by atoms with Crippen molar-refractivity contribution in [3.05, 3.63) is 47.5 Å². The van der Waals surface area contributed by atoms with Gasteiger partial charge in [-0.25, -0.2) is 22.0 Å². The zero-order valence-corrected chi connectivity index (χ0v) is 13.7. The van der Waals surface area contributed by atoms with E-state index in [2.05, 4.69) is 0 Å². The Labute approximate surface area is 129 Å². The summed E-state index contributed by atoms with van der Waals surface area (Å²) in [5.41, 5.74) is 7.11. The van der Waals surface area contributed by atoms with Gasteiger partial charge in [-0.05, 0) is 61.4 Å². The quantitative estimate of drug-likeness (QED) is 0.817. The molecule has 0 aliphatic heterocycles. The van der Waals surface area contributed by atoms with Gasteiger partial charge in [-0.1, -0.05) is 0 Å². The third-order valence-electron chi connectivity index (χ3n) is 3.31. The SMILES string of the molecule is Cc1cc(S(=O)(=O)c2ccc(S(N)(=O)=O)c(C)c2)ccc1N. The Bertz CT molecular complexity index is 949. The summed E-state index contributed by atoms with van der Waals surface area (Å²) in [4.78, 5) is 0.00321. The summed E-state index contributed by atoms with van der Waals surface area (Å²) < 4.78 is 47.9. The van der Waals surface area contributed by atoms with Crippen molar-refractivity contribution in [2.75, 3.05) is 5.73 Å². The van der Waals surface area contributed by atoms with E-state index >= 15 is 0 Å². The molecule has 0 atom stereocenters. The molecule has 0 aliphatic carbocycles. The number of nitrogens with two attached hydrogens (primary N) is 2. The molecular weight excluding hydrogens is 324 g/mol. The van der Waals surface area contributed by atoms with Crippen LogP contribution < -0.4 is 10.9 Å². The van der Waals surface area contributed by atoms with E-state index in [9.17, 15) is 16.8 Å². The van der Waals surface area contributed by atoms with E-state index in [1.807, 2.05) is 0 Å². The summed E-state index contributed by atoms with van der Waals surface area (Å²) in [5.74, 6) is 0. The second-order valence-electron chi connectivity index (χ2n) is 4.99. The van der Waals surface area contributed by atoms with E-state index in [1.54, 1.807) is 6.92 Å². The Morgan fingerprint density at radius 2 is 1.32 bits per heavy atom. The average molecular weight is 340 g/mol. The molecule has 0 aromatic heterocycles. The Balaban J connectivity index is 2.60. The minimum atomic E-state index is -3.88. The molecule has 2 rings (SSSR count). The van der Waals surface area contributed by atoms with Gasteiger partial charge in [-0.3, -0.25) is 0 Å². The maximum absolute atomic E-state index is 12.6. The lowest BCUT2D eigenvalue weighted by atomic mass is 10.2. The first-order valence-electron chi connectivity index (χ1n) is 6.28. The summed E-state index contributed by atoms with van der Waals surface area (Å²) in [7, 11) is -7.64. The molecule has 22 heavy (non-hydrogen) atoms. The molecular formula is C14H16N2O4S2. The van der Waals surface area contributed by atoms with Crippen LogP contribution >= 0.6 is 0 Å². The smallest absolute Gasteiger partial charge is 0.238 e. The summed E-state index contributed by atoms with van der Waals surface area (Å²) in [6.45, 7) is 3.21. The zero-order valence-electron chi connectivity index (χ0n) is 12.1. The lowest BCUT2D eigenvalue weighted by molar-refractivity contribution is 0.592. The average Bonchev–Trinajstić information content (AvgIpc) is 2.40. The lowest BCUT2D eigenvalue weighted by Gasteiger charge is -2.09. The molecule has 8 heteroatoms. The van der Waals surface area contributed by atoms with Crippen molar-refractivity contribution in [1.82, 2.24) is 0 Å². The predicted octanol–water partition coefficient (Wildman–Crippen LogP) is 1.37. The van der Waals surface area contributed by atoms with E-state index < -0.39 is 19.9 Å². The monoisotopic (exact) mass is 340 g/mol. The maximum atomic E-state index is 12.6. The molecule has 0 unspecified atom stereocenters. The molecule has 118 valence electrons. The number of rotatable bonds is 3. The molecule has 0 fully saturated rings. The van der Waals surface area contributed by atoms with Crippen LogP contribution in [-0.2, 0) is 19.9 Å². The third-order valence-corrected chi connectivity index (χ3v) is 6.13. The normalized spacial score (nSPS) is 12.3. The first-order chi connectivity index (χ1) is 10.0. The van der Waals surface area contributed by atoms with Crippen LogP contribution in [0.25, 0.3) is 0 Å². The van der Waals surface area contributed by atoms with Crippen molar-refractivity contribution in [2.45, 2.75) is 28.5 Å². The number of primary sulfonamides is 1. The highest BCUT2D eigenvalue weighted by molar-refractivity contribution is 7.91. The Morgan fingerprint density at radius 3 is 1.77 bits per heavy atom. The van der Waals surface area contributed by atoms with Gasteiger partial charge in [0.2, 0.25) is 19.9 Å². The van der Waals surface area contributed by atoms with Crippen LogP contribution in [0.15, 0.2) is 51.1 Å². The highest BCUT2D eigenvalue weighted by atomic mass is 32.2. The van der Waals surface area contributed by atoms with Gasteiger partial charge >= 0.3 is 0 Å². The first-order valence-corrected chi connectivity index (χ1v) is 9.31. The van der Waals surface area contributed by atoms with Gasteiger partial charge in [-0.2, -0.15) is 0 Å². The Hall–Kier alpha value is -1.90. The Morgan fingerprint density at radius 1 is 0.818 bits per heavy atom. The maximum Gasteiger partial charge on any atom is 0.238 e. The number of anilines is 1. The minimum Gasteiger partial charge on any atom is -0.399 e. The van der Waals surface area contributed by atoms with E-state index in [-0.39, 0.29) is 20.2 Å².